The lowest BCUT2D eigenvalue weighted by molar-refractivity contribution is 0.554. The standard InChI is InChI=1S/C6H13BrN2/c7-6-4-9-3-5(6)1-2-8/h5-6,9H,1-4,8H2. The largest absolute Gasteiger partial charge is 0.330 e. The van der Waals surface area contributed by atoms with Gasteiger partial charge >= 0.3 is 0 Å². The molecule has 2 atom stereocenters. The predicted molar refractivity (Wildman–Crippen MR) is 42.7 cm³/mol. The predicted octanol–water partition coefficient (Wildman–Crippen LogP) is 0.318. The van der Waals surface area contributed by atoms with Crippen LogP contribution >= 0.6 is 15.9 Å². The molecule has 1 aliphatic heterocycles. The summed E-state index contributed by atoms with van der Waals surface area (Å²) in [5, 5.41) is 3.30. The van der Waals surface area contributed by atoms with Gasteiger partial charge in [-0.2, -0.15) is 0 Å². The molecule has 1 aliphatic rings. The summed E-state index contributed by atoms with van der Waals surface area (Å²) in [6.45, 7) is 3.05. The van der Waals surface area contributed by atoms with Gasteiger partial charge in [0.15, 0.2) is 0 Å². The average molecular weight is 193 g/mol. The van der Waals surface area contributed by atoms with Gasteiger partial charge in [0.1, 0.15) is 0 Å². The van der Waals surface area contributed by atoms with E-state index in [4.69, 9.17) is 5.73 Å². The topological polar surface area (TPSA) is 38.0 Å². The lowest BCUT2D eigenvalue weighted by atomic mass is 10.1. The Morgan fingerprint density at radius 3 is 2.78 bits per heavy atom. The summed E-state index contributed by atoms with van der Waals surface area (Å²) < 4.78 is 0. The van der Waals surface area contributed by atoms with Crippen LogP contribution in [-0.2, 0) is 0 Å². The fourth-order valence-electron chi connectivity index (χ4n) is 1.20. The molecule has 1 fully saturated rings. The van der Waals surface area contributed by atoms with Crippen LogP contribution in [0.15, 0.2) is 0 Å². The van der Waals surface area contributed by atoms with Gasteiger partial charge in [0.2, 0.25) is 0 Å². The minimum absolute atomic E-state index is 0.654. The maximum atomic E-state index is 5.42. The van der Waals surface area contributed by atoms with E-state index in [9.17, 15) is 0 Å². The van der Waals surface area contributed by atoms with E-state index in [1.807, 2.05) is 0 Å². The minimum atomic E-state index is 0.654. The second-order valence-electron chi connectivity index (χ2n) is 2.51. The van der Waals surface area contributed by atoms with Crippen LogP contribution in [0.3, 0.4) is 0 Å². The monoisotopic (exact) mass is 192 g/mol. The van der Waals surface area contributed by atoms with Gasteiger partial charge in [0.25, 0.3) is 0 Å². The molecule has 1 saturated heterocycles. The Balaban J connectivity index is 2.22. The Morgan fingerprint density at radius 2 is 2.33 bits per heavy atom. The average Bonchev–Trinajstić information content (AvgIpc) is 2.18. The van der Waals surface area contributed by atoms with E-state index in [-0.39, 0.29) is 0 Å². The minimum Gasteiger partial charge on any atom is -0.330 e. The van der Waals surface area contributed by atoms with E-state index in [1.165, 1.54) is 0 Å². The maximum absolute atomic E-state index is 5.42. The Morgan fingerprint density at radius 1 is 1.56 bits per heavy atom. The Labute approximate surface area is 64.3 Å². The van der Waals surface area contributed by atoms with Crippen molar-refractivity contribution >= 4 is 15.9 Å². The maximum Gasteiger partial charge on any atom is 0.0311 e. The lowest BCUT2D eigenvalue weighted by Gasteiger charge is -2.09. The van der Waals surface area contributed by atoms with E-state index in [1.54, 1.807) is 0 Å². The molecular formula is C6H13BrN2. The van der Waals surface area contributed by atoms with Crippen LogP contribution in [0.25, 0.3) is 0 Å². The first kappa shape index (κ1) is 7.51. The van der Waals surface area contributed by atoms with Gasteiger partial charge in [0, 0.05) is 11.4 Å². The molecule has 3 N–H and O–H groups in total. The fourth-order valence-corrected chi connectivity index (χ4v) is 1.88. The van der Waals surface area contributed by atoms with Crippen molar-refractivity contribution in [2.75, 3.05) is 19.6 Å². The zero-order valence-electron chi connectivity index (χ0n) is 5.44. The molecular weight excluding hydrogens is 180 g/mol. The molecule has 0 aliphatic carbocycles. The normalized spacial score (nSPS) is 35.3. The first-order valence-corrected chi connectivity index (χ1v) is 4.31. The molecule has 0 amide bonds. The molecule has 0 bridgehead atoms. The summed E-state index contributed by atoms with van der Waals surface area (Å²) in [6, 6.07) is 0. The second kappa shape index (κ2) is 3.54. The first-order chi connectivity index (χ1) is 4.34. The van der Waals surface area contributed by atoms with Crippen LogP contribution < -0.4 is 11.1 Å². The number of nitrogens with two attached hydrogens (primary N) is 1. The zero-order chi connectivity index (χ0) is 6.69. The highest BCUT2D eigenvalue weighted by atomic mass is 79.9. The molecule has 2 unspecified atom stereocenters. The van der Waals surface area contributed by atoms with Gasteiger partial charge in [-0.3, -0.25) is 0 Å². The summed E-state index contributed by atoms with van der Waals surface area (Å²) in [4.78, 5) is 0.654. The Hall–Kier alpha value is 0.400. The van der Waals surface area contributed by atoms with Crippen LogP contribution in [0.4, 0.5) is 0 Å². The molecule has 3 heteroatoms. The number of hydrogen-bond donors (Lipinski definition) is 2. The number of nitrogens with one attached hydrogen (secondary N) is 1. The van der Waals surface area contributed by atoms with E-state index in [0.717, 1.165) is 32.0 Å². The van der Waals surface area contributed by atoms with Crippen LogP contribution in [0.2, 0.25) is 0 Å². The summed E-state index contributed by atoms with van der Waals surface area (Å²) in [6.07, 6.45) is 1.14. The molecule has 0 saturated carbocycles. The van der Waals surface area contributed by atoms with Crippen molar-refractivity contribution in [2.24, 2.45) is 11.7 Å². The third-order valence-corrected chi connectivity index (χ3v) is 2.87. The van der Waals surface area contributed by atoms with Crippen molar-refractivity contribution in [1.82, 2.24) is 5.32 Å². The smallest absolute Gasteiger partial charge is 0.0311 e. The fraction of sp³-hybridized carbons (Fsp3) is 1.00. The highest BCUT2D eigenvalue weighted by Crippen LogP contribution is 2.19. The van der Waals surface area contributed by atoms with Gasteiger partial charge in [0.05, 0.1) is 0 Å². The van der Waals surface area contributed by atoms with E-state index >= 15 is 0 Å². The van der Waals surface area contributed by atoms with Crippen molar-refractivity contribution < 1.29 is 0 Å². The Bertz CT molecular complexity index is 87.1. The SMILES string of the molecule is NCCC1CNCC1Br. The van der Waals surface area contributed by atoms with Gasteiger partial charge in [-0.1, -0.05) is 15.9 Å². The van der Waals surface area contributed by atoms with Crippen molar-refractivity contribution in [3.05, 3.63) is 0 Å². The number of halogens is 1. The van der Waals surface area contributed by atoms with Crippen LogP contribution in [0, 0.1) is 5.92 Å². The van der Waals surface area contributed by atoms with E-state index in [0.29, 0.717) is 4.83 Å². The van der Waals surface area contributed by atoms with Crippen molar-refractivity contribution in [2.45, 2.75) is 11.2 Å². The molecule has 0 aromatic carbocycles. The number of alkyl halides is 1. The quantitative estimate of drug-likeness (QED) is 0.619. The molecule has 9 heavy (non-hydrogen) atoms. The van der Waals surface area contributed by atoms with Crippen LogP contribution in [0.1, 0.15) is 6.42 Å². The molecule has 0 radical (unpaired) electrons. The molecule has 0 aromatic heterocycles. The van der Waals surface area contributed by atoms with Gasteiger partial charge in [-0.25, -0.2) is 0 Å². The number of rotatable bonds is 2. The van der Waals surface area contributed by atoms with E-state index < -0.39 is 0 Å². The van der Waals surface area contributed by atoms with Crippen molar-refractivity contribution in [3.8, 4) is 0 Å². The highest BCUT2D eigenvalue weighted by Gasteiger charge is 2.22. The Kier molecular flexibility index (Phi) is 2.95. The van der Waals surface area contributed by atoms with Gasteiger partial charge < -0.3 is 11.1 Å². The molecule has 2 nitrogen and oxygen atoms in total. The molecule has 0 spiro atoms. The number of hydrogen-bond acceptors (Lipinski definition) is 2. The summed E-state index contributed by atoms with van der Waals surface area (Å²) in [5.74, 6) is 0.759. The van der Waals surface area contributed by atoms with E-state index in [2.05, 4.69) is 21.2 Å². The summed E-state index contributed by atoms with van der Waals surface area (Å²) >= 11 is 3.59. The first-order valence-electron chi connectivity index (χ1n) is 3.39. The van der Waals surface area contributed by atoms with Crippen molar-refractivity contribution in [1.29, 1.82) is 0 Å². The molecule has 1 rings (SSSR count). The van der Waals surface area contributed by atoms with Crippen LogP contribution in [-0.4, -0.2) is 24.5 Å². The molecule has 0 aromatic rings. The second-order valence-corrected chi connectivity index (χ2v) is 3.69. The zero-order valence-corrected chi connectivity index (χ0v) is 7.02. The van der Waals surface area contributed by atoms with Crippen LogP contribution in [0.5, 0.6) is 0 Å². The third-order valence-electron chi connectivity index (χ3n) is 1.79. The van der Waals surface area contributed by atoms with Crippen molar-refractivity contribution in [3.63, 3.8) is 0 Å². The molecule has 54 valence electrons. The highest BCUT2D eigenvalue weighted by molar-refractivity contribution is 9.09. The summed E-state index contributed by atoms with van der Waals surface area (Å²) in [7, 11) is 0. The summed E-state index contributed by atoms with van der Waals surface area (Å²) in [5.41, 5.74) is 5.42. The molecule has 1 heterocycles. The van der Waals surface area contributed by atoms with Gasteiger partial charge in [-0.15, -0.1) is 0 Å². The third kappa shape index (κ3) is 1.92. The lowest BCUT2D eigenvalue weighted by Crippen LogP contribution is -2.16. The van der Waals surface area contributed by atoms with Gasteiger partial charge in [-0.05, 0) is 25.4 Å².